The summed E-state index contributed by atoms with van der Waals surface area (Å²) in [7, 11) is 0. The molecule has 0 fully saturated rings. The van der Waals surface area contributed by atoms with E-state index < -0.39 is 5.91 Å². The molecular formula is C16H28N4O3. The van der Waals surface area contributed by atoms with Crippen LogP contribution < -0.4 is 16.4 Å². The van der Waals surface area contributed by atoms with Gasteiger partial charge in [0.05, 0.1) is 0 Å². The lowest BCUT2D eigenvalue weighted by molar-refractivity contribution is 0.0972. The zero-order valence-corrected chi connectivity index (χ0v) is 14.2. The van der Waals surface area contributed by atoms with Crippen LogP contribution in [0.25, 0.3) is 0 Å². The molecule has 23 heavy (non-hydrogen) atoms. The van der Waals surface area contributed by atoms with E-state index in [0.717, 1.165) is 32.7 Å². The second-order valence-electron chi connectivity index (χ2n) is 5.57. The van der Waals surface area contributed by atoms with Gasteiger partial charge in [0.15, 0.2) is 11.7 Å². The van der Waals surface area contributed by atoms with E-state index in [9.17, 15) is 4.79 Å². The average molecular weight is 324 g/mol. The molecule has 7 nitrogen and oxygen atoms in total. The van der Waals surface area contributed by atoms with Gasteiger partial charge >= 0.3 is 0 Å². The average Bonchev–Trinajstić information content (AvgIpc) is 2.97. The number of ether oxygens (including phenoxy) is 1. The second kappa shape index (κ2) is 10.7. The van der Waals surface area contributed by atoms with Crippen molar-refractivity contribution in [1.82, 2.24) is 10.6 Å². The van der Waals surface area contributed by atoms with Gasteiger partial charge in [-0.1, -0.05) is 13.8 Å². The number of carbonyl (C=O) groups is 1. The van der Waals surface area contributed by atoms with Gasteiger partial charge in [0.25, 0.3) is 5.91 Å². The minimum atomic E-state index is -0.577. The summed E-state index contributed by atoms with van der Waals surface area (Å²) >= 11 is 0. The van der Waals surface area contributed by atoms with Crippen LogP contribution in [0.3, 0.4) is 0 Å². The van der Waals surface area contributed by atoms with Crippen LogP contribution in [-0.2, 0) is 11.3 Å². The molecule has 0 aliphatic carbocycles. The molecule has 0 saturated carbocycles. The molecule has 0 aromatic carbocycles. The number of guanidine groups is 1. The summed E-state index contributed by atoms with van der Waals surface area (Å²) in [5.41, 5.74) is 5.15. The third-order valence-electron chi connectivity index (χ3n) is 2.85. The molecule has 0 unspecified atom stereocenters. The van der Waals surface area contributed by atoms with Crippen LogP contribution in [0.2, 0.25) is 0 Å². The van der Waals surface area contributed by atoms with Crippen LogP contribution >= 0.6 is 0 Å². The van der Waals surface area contributed by atoms with E-state index in [1.807, 2.05) is 6.92 Å². The number of nitrogens with zero attached hydrogens (tertiary/aromatic N) is 1. The first-order valence-corrected chi connectivity index (χ1v) is 8.01. The Hall–Kier alpha value is -2.02. The summed E-state index contributed by atoms with van der Waals surface area (Å²) in [5, 5.41) is 6.39. The number of amides is 1. The Balaban J connectivity index is 2.36. The van der Waals surface area contributed by atoms with Gasteiger partial charge < -0.3 is 25.5 Å². The van der Waals surface area contributed by atoms with Gasteiger partial charge in [-0.2, -0.15) is 0 Å². The minimum absolute atomic E-state index is 0.149. The molecule has 0 aliphatic rings. The largest absolute Gasteiger partial charge is 0.454 e. The highest BCUT2D eigenvalue weighted by molar-refractivity contribution is 5.89. The van der Waals surface area contributed by atoms with Crippen LogP contribution in [0.1, 0.15) is 43.5 Å². The summed E-state index contributed by atoms with van der Waals surface area (Å²) < 4.78 is 10.8. The zero-order valence-electron chi connectivity index (χ0n) is 14.2. The highest BCUT2D eigenvalue weighted by atomic mass is 16.5. The van der Waals surface area contributed by atoms with Crippen molar-refractivity contribution in [2.24, 2.45) is 16.6 Å². The second-order valence-corrected chi connectivity index (χ2v) is 5.57. The molecule has 0 bridgehead atoms. The third kappa shape index (κ3) is 8.25. The van der Waals surface area contributed by atoms with Gasteiger partial charge in [-0.25, -0.2) is 4.99 Å². The van der Waals surface area contributed by atoms with Crippen molar-refractivity contribution in [2.75, 3.05) is 26.3 Å². The maximum atomic E-state index is 11.0. The number of nitrogens with two attached hydrogens (primary N) is 1. The Morgan fingerprint density at radius 3 is 2.78 bits per heavy atom. The van der Waals surface area contributed by atoms with E-state index in [4.69, 9.17) is 14.9 Å². The monoisotopic (exact) mass is 324 g/mol. The number of primary amides is 1. The van der Waals surface area contributed by atoms with Crippen LogP contribution in [0.4, 0.5) is 0 Å². The van der Waals surface area contributed by atoms with Gasteiger partial charge in [-0.15, -0.1) is 0 Å². The molecular weight excluding hydrogens is 296 g/mol. The van der Waals surface area contributed by atoms with E-state index >= 15 is 0 Å². The Kier molecular flexibility index (Phi) is 8.82. The lowest BCUT2D eigenvalue weighted by Gasteiger charge is -2.11. The van der Waals surface area contributed by atoms with Gasteiger partial charge in [0.1, 0.15) is 12.3 Å². The SMILES string of the molecule is CCNC(=NCc1ccc(C(N)=O)o1)NCCCOCC(C)C. The van der Waals surface area contributed by atoms with Crippen LogP contribution in [0.5, 0.6) is 0 Å². The fourth-order valence-corrected chi connectivity index (χ4v) is 1.79. The maximum Gasteiger partial charge on any atom is 0.284 e. The van der Waals surface area contributed by atoms with E-state index in [2.05, 4.69) is 29.5 Å². The van der Waals surface area contributed by atoms with E-state index in [-0.39, 0.29) is 5.76 Å². The summed E-state index contributed by atoms with van der Waals surface area (Å²) in [6, 6.07) is 3.26. The van der Waals surface area contributed by atoms with Crippen molar-refractivity contribution in [3.8, 4) is 0 Å². The zero-order chi connectivity index (χ0) is 17.1. The molecule has 130 valence electrons. The predicted molar refractivity (Wildman–Crippen MR) is 90.3 cm³/mol. The first kappa shape index (κ1) is 19.0. The summed E-state index contributed by atoms with van der Waals surface area (Å²) in [6.07, 6.45) is 0.906. The first-order valence-electron chi connectivity index (χ1n) is 8.01. The lowest BCUT2D eigenvalue weighted by Crippen LogP contribution is -2.38. The van der Waals surface area contributed by atoms with Gasteiger partial charge in [-0.3, -0.25) is 4.79 Å². The quantitative estimate of drug-likeness (QED) is 0.344. The molecule has 0 saturated heterocycles. The third-order valence-corrected chi connectivity index (χ3v) is 2.85. The Morgan fingerprint density at radius 1 is 1.39 bits per heavy atom. The maximum absolute atomic E-state index is 11.0. The Labute approximate surface area is 137 Å². The molecule has 7 heteroatoms. The van der Waals surface area contributed by atoms with Crippen LogP contribution in [-0.4, -0.2) is 38.2 Å². The molecule has 1 heterocycles. The molecule has 1 aromatic heterocycles. The van der Waals surface area contributed by atoms with Crippen molar-refractivity contribution in [1.29, 1.82) is 0 Å². The van der Waals surface area contributed by atoms with Crippen molar-refractivity contribution < 1.29 is 13.9 Å². The summed E-state index contributed by atoms with van der Waals surface area (Å²) in [5.74, 6) is 1.42. The fraction of sp³-hybridized carbons (Fsp3) is 0.625. The van der Waals surface area contributed by atoms with Crippen molar-refractivity contribution in [3.05, 3.63) is 23.7 Å². The number of carbonyl (C=O) groups excluding carboxylic acids is 1. The number of nitrogens with one attached hydrogen (secondary N) is 2. The fourth-order valence-electron chi connectivity index (χ4n) is 1.79. The normalized spacial score (nSPS) is 11.7. The molecule has 0 radical (unpaired) electrons. The highest BCUT2D eigenvalue weighted by Crippen LogP contribution is 2.08. The number of hydrogen-bond donors (Lipinski definition) is 3. The van der Waals surface area contributed by atoms with Gasteiger partial charge in [0.2, 0.25) is 0 Å². The first-order chi connectivity index (χ1) is 11.0. The van der Waals surface area contributed by atoms with Crippen LogP contribution in [0.15, 0.2) is 21.5 Å². The molecule has 0 aliphatic heterocycles. The van der Waals surface area contributed by atoms with E-state index in [0.29, 0.717) is 24.2 Å². The minimum Gasteiger partial charge on any atom is -0.454 e. The Bertz CT molecular complexity index is 497. The molecule has 1 rings (SSSR count). The molecule has 4 N–H and O–H groups in total. The molecule has 0 atom stereocenters. The predicted octanol–water partition coefficient (Wildman–Crippen LogP) is 1.50. The Morgan fingerprint density at radius 2 is 2.17 bits per heavy atom. The van der Waals surface area contributed by atoms with Gasteiger partial charge in [0, 0.05) is 26.3 Å². The smallest absolute Gasteiger partial charge is 0.284 e. The number of aliphatic imine (C=N–C) groups is 1. The molecule has 1 aromatic rings. The van der Waals surface area contributed by atoms with Crippen LogP contribution in [0, 0.1) is 5.92 Å². The highest BCUT2D eigenvalue weighted by Gasteiger charge is 2.06. The molecule has 0 spiro atoms. The van der Waals surface area contributed by atoms with Crippen molar-refractivity contribution in [3.63, 3.8) is 0 Å². The summed E-state index contributed by atoms with van der Waals surface area (Å²) in [6.45, 7) is 9.65. The number of furan rings is 1. The molecule has 1 amide bonds. The number of hydrogen-bond acceptors (Lipinski definition) is 4. The van der Waals surface area contributed by atoms with Gasteiger partial charge in [-0.05, 0) is 31.4 Å². The van der Waals surface area contributed by atoms with Crippen molar-refractivity contribution >= 4 is 11.9 Å². The van der Waals surface area contributed by atoms with E-state index in [1.54, 1.807) is 12.1 Å². The van der Waals surface area contributed by atoms with E-state index in [1.165, 1.54) is 0 Å². The van der Waals surface area contributed by atoms with Crippen molar-refractivity contribution in [2.45, 2.75) is 33.7 Å². The topological polar surface area (TPSA) is 102 Å². The number of rotatable bonds is 10. The lowest BCUT2D eigenvalue weighted by atomic mass is 10.2. The summed E-state index contributed by atoms with van der Waals surface area (Å²) in [4.78, 5) is 15.4. The standard InChI is InChI=1S/C16H28N4O3/c1-4-18-16(19-8-5-9-22-11-12(2)3)20-10-13-6-7-14(23-13)15(17)21/h6-7,12H,4-5,8-11H2,1-3H3,(H2,17,21)(H2,18,19,20).